The van der Waals surface area contributed by atoms with Crippen molar-refractivity contribution in [3.63, 3.8) is 0 Å². The Hall–Kier alpha value is -2.15. The maximum Gasteiger partial charge on any atom is 0.254 e. The molecule has 0 bridgehead atoms. The lowest BCUT2D eigenvalue weighted by atomic mass is 9.92. The molecule has 1 aliphatic carbocycles. The van der Waals surface area contributed by atoms with Gasteiger partial charge in [-0.05, 0) is 32.1 Å². The van der Waals surface area contributed by atoms with E-state index in [-0.39, 0.29) is 17.2 Å². The van der Waals surface area contributed by atoms with Gasteiger partial charge in [0.25, 0.3) is 5.91 Å². The molecule has 2 rings (SSSR count). The number of nitrogens with two attached hydrogens (primary N) is 1. The Labute approximate surface area is 142 Å². The van der Waals surface area contributed by atoms with Crippen LogP contribution in [0.1, 0.15) is 55.8 Å². The van der Waals surface area contributed by atoms with Crippen LogP contribution in [0.5, 0.6) is 0 Å². The van der Waals surface area contributed by atoms with Gasteiger partial charge in [-0.3, -0.25) is 4.79 Å². The largest absolute Gasteiger partial charge is 0.393 e. The van der Waals surface area contributed by atoms with Gasteiger partial charge in [0.2, 0.25) is 5.95 Å². The second-order valence-corrected chi connectivity index (χ2v) is 6.38. The van der Waals surface area contributed by atoms with E-state index in [4.69, 9.17) is 5.73 Å². The molecule has 0 aliphatic heterocycles. The van der Waals surface area contributed by atoms with Gasteiger partial charge in [0.05, 0.1) is 11.7 Å². The number of nitrogens with one attached hydrogen (secondary N) is 2. The molecule has 1 saturated carbocycles. The molecule has 24 heavy (non-hydrogen) atoms. The van der Waals surface area contributed by atoms with E-state index in [1.165, 1.54) is 6.20 Å². The molecule has 2 atom stereocenters. The van der Waals surface area contributed by atoms with Crippen LogP contribution in [0.15, 0.2) is 18.9 Å². The van der Waals surface area contributed by atoms with E-state index in [1.54, 1.807) is 6.08 Å². The molecule has 7 nitrogen and oxygen atoms in total. The van der Waals surface area contributed by atoms with E-state index in [2.05, 4.69) is 34.1 Å². The van der Waals surface area contributed by atoms with Crippen molar-refractivity contribution in [1.82, 2.24) is 9.97 Å². The van der Waals surface area contributed by atoms with E-state index in [0.29, 0.717) is 24.7 Å². The van der Waals surface area contributed by atoms with E-state index in [9.17, 15) is 9.90 Å². The molecule has 1 fully saturated rings. The van der Waals surface area contributed by atoms with Crippen molar-refractivity contribution in [3.05, 3.63) is 24.4 Å². The Balaban J connectivity index is 2.21. The minimum Gasteiger partial charge on any atom is -0.393 e. The summed E-state index contributed by atoms with van der Waals surface area (Å²) in [4.78, 5) is 20.2. The van der Waals surface area contributed by atoms with Crippen LogP contribution < -0.4 is 16.4 Å². The number of nitrogens with zero attached hydrogens (tertiary/aromatic N) is 2. The molecule has 0 aromatic carbocycles. The lowest BCUT2D eigenvalue weighted by Gasteiger charge is -2.30. The number of hydrogen-bond acceptors (Lipinski definition) is 6. The van der Waals surface area contributed by atoms with Gasteiger partial charge in [0.15, 0.2) is 0 Å². The molecule has 1 aromatic rings. The van der Waals surface area contributed by atoms with Crippen LogP contribution in [0.3, 0.4) is 0 Å². The molecule has 1 amide bonds. The zero-order valence-electron chi connectivity index (χ0n) is 14.2. The van der Waals surface area contributed by atoms with Gasteiger partial charge in [-0.25, -0.2) is 4.98 Å². The van der Waals surface area contributed by atoms with Crippen molar-refractivity contribution in [2.45, 2.75) is 57.1 Å². The summed E-state index contributed by atoms with van der Waals surface area (Å²) in [6, 6.07) is 0. The fourth-order valence-electron chi connectivity index (χ4n) is 3.27. The second-order valence-electron chi connectivity index (χ2n) is 6.38. The van der Waals surface area contributed by atoms with E-state index in [0.717, 1.165) is 32.1 Å². The zero-order chi connectivity index (χ0) is 17.6. The first-order chi connectivity index (χ1) is 11.5. The predicted molar refractivity (Wildman–Crippen MR) is 95.0 cm³/mol. The number of hydrogen-bond donors (Lipinski definition) is 4. The Morgan fingerprint density at radius 3 is 3.00 bits per heavy atom. The van der Waals surface area contributed by atoms with Gasteiger partial charge in [-0.15, -0.1) is 6.58 Å². The van der Waals surface area contributed by atoms with Gasteiger partial charge in [-0.1, -0.05) is 19.4 Å². The standard InChI is InChI=1S/C17H27N5O2/c1-3-5-9-19-15-13(14(18)24)11-20-16(21-15)22-17(7-4-2)8-6-12(23)10-17/h3,11-12,23H,1,4-10H2,2H3,(H2,18,24)(H2,19,20,21,22). The third-order valence-electron chi connectivity index (χ3n) is 4.38. The Morgan fingerprint density at radius 2 is 2.42 bits per heavy atom. The fourth-order valence-corrected chi connectivity index (χ4v) is 3.27. The molecule has 132 valence electrons. The highest BCUT2D eigenvalue weighted by molar-refractivity contribution is 5.97. The average Bonchev–Trinajstić information content (AvgIpc) is 2.88. The lowest BCUT2D eigenvalue weighted by molar-refractivity contribution is 0.100. The smallest absolute Gasteiger partial charge is 0.254 e. The van der Waals surface area contributed by atoms with Crippen molar-refractivity contribution in [3.8, 4) is 0 Å². The summed E-state index contributed by atoms with van der Waals surface area (Å²) in [6.07, 6.45) is 7.95. The van der Waals surface area contributed by atoms with Crippen LogP contribution >= 0.6 is 0 Å². The number of aliphatic hydroxyl groups excluding tert-OH is 1. The number of anilines is 2. The number of carbonyl (C=O) groups is 1. The summed E-state index contributed by atoms with van der Waals surface area (Å²) in [7, 11) is 0. The highest BCUT2D eigenvalue weighted by atomic mass is 16.3. The molecule has 0 saturated heterocycles. The maximum atomic E-state index is 11.5. The van der Waals surface area contributed by atoms with Gasteiger partial charge in [-0.2, -0.15) is 4.98 Å². The molecule has 5 N–H and O–H groups in total. The third-order valence-corrected chi connectivity index (χ3v) is 4.38. The number of rotatable bonds is 9. The molecule has 0 radical (unpaired) electrons. The van der Waals surface area contributed by atoms with Gasteiger partial charge < -0.3 is 21.5 Å². The van der Waals surface area contributed by atoms with Gasteiger partial charge in [0, 0.05) is 18.3 Å². The number of primary amides is 1. The maximum absolute atomic E-state index is 11.5. The van der Waals surface area contributed by atoms with Gasteiger partial charge in [0.1, 0.15) is 5.82 Å². The van der Waals surface area contributed by atoms with E-state index >= 15 is 0 Å². The highest BCUT2D eigenvalue weighted by Gasteiger charge is 2.38. The third kappa shape index (κ3) is 4.44. The van der Waals surface area contributed by atoms with Crippen LogP contribution in [-0.4, -0.2) is 39.2 Å². The topological polar surface area (TPSA) is 113 Å². The van der Waals surface area contributed by atoms with E-state index < -0.39 is 5.91 Å². The lowest BCUT2D eigenvalue weighted by Crippen LogP contribution is -2.37. The quantitative estimate of drug-likeness (QED) is 0.406. The first-order valence-electron chi connectivity index (χ1n) is 8.47. The SMILES string of the molecule is C=CCCNc1nc(NC2(CCC)CCC(O)C2)ncc1C(N)=O. The molecule has 1 aromatic heterocycles. The highest BCUT2D eigenvalue weighted by Crippen LogP contribution is 2.36. The number of aliphatic hydroxyl groups is 1. The summed E-state index contributed by atoms with van der Waals surface area (Å²) < 4.78 is 0. The van der Waals surface area contributed by atoms with E-state index in [1.807, 2.05) is 0 Å². The number of aromatic nitrogens is 2. The summed E-state index contributed by atoms with van der Waals surface area (Å²) in [6.45, 7) is 6.40. The Morgan fingerprint density at radius 1 is 1.62 bits per heavy atom. The van der Waals surface area contributed by atoms with Crippen molar-refractivity contribution < 1.29 is 9.90 Å². The summed E-state index contributed by atoms with van der Waals surface area (Å²) in [5.41, 5.74) is 5.46. The monoisotopic (exact) mass is 333 g/mol. The van der Waals surface area contributed by atoms with Crippen molar-refractivity contribution in [1.29, 1.82) is 0 Å². The Kier molecular flexibility index (Phi) is 6.14. The molecule has 1 heterocycles. The first kappa shape index (κ1) is 18.2. The molecule has 7 heteroatoms. The Bertz CT molecular complexity index is 588. The zero-order valence-corrected chi connectivity index (χ0v) is 14.2. The second kappa shape index (κ2) is 8.10. The van der Waals surface area contributed by atoms with Crippen LogP contribution in [0.4, 0.5) is 11.8 Å². The normalized spacial score (nSPS) is 23.0. The van der Waals surface area contributed by atoms with Crippen LogP contribution in [0, 0.1) is 0 Å². The van der Waals surface area contributed by atoms with Crippen molar-refractivity contribution in [2.75, 3.05) is 17.2 Å². The molecule has 0 spiro atoms. The van der Waals surface area contributed by atoms with Crippen LogP contribution in [0.25, 0.3) is 0 Å². The summed E-state index contributed by atoms with van der Waals surface area (Å²) >= 11 is 0. The molecular weight excluding hydrogens is 306 g/mol. The van der Waals surface area contributed by atoms with Crippen molar-refractivity contribution >= 4 is 17.7 Å². The number of carbonyl (C=O) groups excluding carboxylic acids is 1. The minimum absolute atomic E-state index is 0.194. The summed E-state index contributed by atoms with van der Waals surface area (Å²) in [5, 5.41) is 16.4. The molecular formula is C17H27N5O2. The molecule has 1 aliphatic rings. The molecule has 2 unspecified atom stereocenters. The first-order valence-corrected chi connectivity index (χ1v) is 8.47. The average molecular weight is 333 g/mol. The fraction of sp³-hybridized carbons (Fsp3) is 0.588. The summed E-state index contributed by atoms with van der Waals surface area (Å²) in [5.74, 6) is 0.304. The predicted octanol–water partition coefficient (Wildman–Crippen LogP) is 2.06. The van der Waals surface area contributed by atoms with Crippen LogP contribution in [-0.2, 0) is 0 Å². The number of amides is 1. The van der Waals surface area contributed by atoms with Crippen molar-refractivity contribution in [2.24, 2.45) is 5.73 Å². The minimum atomic E-state index is -0.567. The van der Waals surface area contributed by atoms with Gasteiger partial charge >= 0.3 is 0 Å². The van der Waals surface area contributed by atoms with Crippen LogP contribution in [0.2, 0.25) is 0 Å².